The number of carbonyl (C=O) groups excluding carboxylic acids is 2. The summed E-state index contributed by atoms with van der Waals surface area (Å²) >= 11 is 0. The average Bonchev–Trinajstić information content (AvgIpc) is 2.26. The average molecular weight is 220 g/mol. The predicted octanol–water partition coefficient (Wildman–Crippen LogP) is 1.05. The number of benzene rings is 1. The van der Waals surface area contributed by atoms with E-state index >= 15 is 0 Å². The van der Waals surface area contributed by atoms with E-state index in [1.165, 1.54) is 6.92 Å². The van der Waals surface area contributed by atoms with Gasteiger partial charge in [-0.2, -0.15) is 0 Å². The van der Waals surface area contributed by atoms with Gasteiger partial charge in [-0.3, -0.25) is 9.59 Å². The van der Waals surface area contributed by atoms with Crippen molar-refractivity contribution in [3.8, 4) is 17.2 Å². The van der Waals surface area contributed by atoms with Gasteiger partial charge in [-0.05, 0) is 19.1 Å². The summed E-state index contributed by atoms with van der Waals surface area (Å²) in [6.07, 6.45) is 2.00. The summed E-state index contributed by atoms with van der Waals surface area (Å²) in [5.74, 6) is -2.95. The first-order valence-corrected chi connectivity index (χ1v) is 4.49. The molecule has 2 rings (SSSR count). The third-order valence-electron chi connectivity index (χ3n) is 2.54. The highest BCUT2D eigenvalue weighted by Gasteiger charge is 2.30. The first kappa shape index (κ1) is 10.2. The molecule has 0 radical (unpaired) electrons. The van der Waals surface area contributed by atoms with Crippen LogP contribution in [-0.2, 0) is 0 Å². The number of aromatic hydroxyl groups is 3. The second-order valence-electron chi connectivity index (χ2n) is 3.48. The van der Waals surface area contributed by atoms with Crippen LogP contribution in [0.5, 0.6) is 17.2 Å². The number of rotatable bonds is 0. The van der Waals surface area contributed by atoms with Crippen molar-refractivity contribution in [2.45, 2.75) is 6.92 Å². The Kier molecular flexibility index (Phi) is 1.98. The van der Waals surface area contributed by atoms with E-state index in [9.17, 15) is 24.9 Å². The van der Waals surface area contributed by atoms with Crippen molar-refractivity contribution in [2.75, 3.05) is 0 Å². The van der Waals surface area contributed by atoms with Crippen LogP contribution < -0.4 is 0 Å². The molecule has 0 spiro atoms. The lowest BCUT2D eigenvalue weighted by Crippen LogP contribution is -2.12. The molecule has 0 heterocycles. The maximum atomic E-state index is 11.5. The number of hydrogen-bond donors (Lipinski definition) is 3. The molecule has 0 aliphatic heterocycles. The summed E-state index contributed by atoms with van der Waals surface area (Å²) in [6.45, 7) is 1.33. The molecule has 0 fully saturated rings. The molecule has 82 valence electrons. The van der Waals surface area contributed by atoms with E-state index in [2.05, 4.69) is 0 Å². The van der Waals surface area contributed by atoms with Gasteiger partial charge in [0.25, 0.3) is 0 Å². The van der Waals surface area contributed by atoms with Crippen LogP contribution in [0.25, 0.3) is 0 Å². The zero-order chi connectivity index (χ0) is 12.0. The molecule has 1 aliphatic carbocycles. The third kappa shape index (κ3) is 1.11. The van der Waals surface area contributed by atoms with E-state index in [0.29, 0.717) is 0 Å². The lowest BCUT2D eigenvalue weighted by molar-refractivity contribution is 0.0988. The molecule has 3 N–H and O–H groups in total. The molecule has 0 saturated heterocycles. The van der Waals surface area contributed by atoms with Crippen LogP contribution >= 0.6 is 0 Å². The van der Waals surface area contributed by atoms with Crippen LogP contribution in [0, 0.1) is 6.92 Å². The van der Waals surface area contributed by atoms with E-state index in [-0.39, 0.29) is 16.7 Å². The highest BCUT2D eigenvalue weighted by Crippen LogP contribution is 2.43. The van der Waals surface area contributed by atoms with E-state index in [1.54, 1.807) is 0 Å². The highest BCUT2D eigenvalue weighted by atomic mass is 16.3. The van der Waals surface area contributed by atoms with Crippen molar-refractivity contribution in [1.29, 1.82) is 0 Å². The Morgan fingerprint density at radius 3 is 1.75 bits per heavy atom. The fraction of sp³-hybridized carbons (Fsp3) is 0.0909. The zero-order valence-corrected chi connectivity index (χ0v) is 8.31. The third-order valence-corrected chi connectivity index (χ3v) is 2.54. The van der Waals surface area contributed by atoms with Crippen LogP contribution in [0.4, 0.5) is 0 Å². The van der Waals surface area contributed by atoms with E-state index in [4.69, 9.17) is 0 Å². The SMILES string of the molecule is Cc1c(O)c(O)c2c(c1O)C(=O)C=CC2=O. The minimum atomic E-state index is -0.673. The van der Waals surface area contributed by atoms with Crippen molar-refractivity contribution in [1.82, 2.24) is 0 Å². The maximum Gasteiger partial charge on any atom is 0.190 e. The van der Waals surface area contributed by atoms with Gasteiger partial charge in [0.2, 0.25) is 0 Å². The lowest BCUT2D eigenvalue weighted by atomic mass is 9.90. The number of allylic oxidation sites excluding steroid dienone is 2. The van der Waals surface area contributed by atoms with Gasteiger partial charge in [0.05, 0.1) is 11.1 Å². The largest absolute Gasteiger partial charge is 0.507 e. The smallest absolute Gasteiger partial charge is 0.190 e. The van der Waals surface area contributed by atoms with Crippen molar-refractivity contribution in [2.24, 2.45) is 0 Å². The van der Waals surface area contributed by atoms with Gasteiger partial charge in [0, 0.05) is 5.56 Å². The Hall–Kier alpha value is -2.30. The minimum Gasteiger partial charge on any atom is -0.507 e. The molecular weight excluding hydrogens is 212 g/mol. The molecule has 1 aromatic rings. The number of phenolic OH excluding ortho intramolecular Hbond substituents is 3. The number of hydrogen-bond acceptors (Lipinski definition) is 5. The topological polar surface area (TPSA) is 94.8 Å². The quantitative estimate of drug-likeness (QED) is 0.448. The molecule has 0 aromatic heterocycles. The molecule has 0 amide bonds. The Morgan fingerprint density at radius 2 is 1.25 bits per heavy atom. The van der Waals surface area contributed by atoms with Crippen LogP contribution in [0.2, 0.25) is 0 Å². The number of carbonyl (C=O) groups is 2. The number of ketones is 2. The second kappa shape index (κ2) is 3.10. The van der Waals surface area contributed by atoms with Crippen LogP contribution in [0.15, 0.2) is 12.2 Å². The van der Waals surface area contributed by atoms with Crippen LogP contribution in [0.1, 0.15) is 26.3 Å². The summed E-state index contributed by atoms with van der Waals surface area (Å²) in [5, 5.41) is 28.7. The van der Waals surface area contributed by atoms with Crippen molar-refractivity contribution < 1.29 is 24.9 Å². The van der Waals surface area contributed by atoms with Gasteiger partial charge in [-0.25, -0.2) is 0 Å². The van der Waals surface area contributed by atoms with Gasteiger partial charge in [0.15, 0.2) is 23.1 Å². The molecule has 5 heteroatoms. The summed E-state index contributed by atoms with van der Waals surface area (Å²) in [5.41, 5.74) is -0.652. The van der Waals surface area contributed by atoms with Gasteiger partial charge < -0.3 is 15.3 Å². The first-order valence-electron chi connectivity index (χ1n) is 4.49. The molecule has 0 atom stereocenters. The number of phenols is 3. The first-order chi connectivity index (χ1) is 7.45. The summed E-state index contributed by atoms with van der Waals surface area (Å²) in [4.78, 5) is 22.9. The molecule has 0 unspecified atom stereocenters. The Balaban J connectivity index is 2.94. The second-order valence-corrected chi connectivity index (χ2v) is 3.48. The molecule has 5 nitrogen and oxygen atoms in total. The van der Waals surface area contributed by atoms with Crippen LogP contribution in [0.3, 0.4) is 0 Å². The minimum absolute atomic E-state index is 0.0345. The monoisotopic (exact) mass is 220 g/mol. The summed E-state index contributed by atoms with van der Waals surface area (Å²) in [7, 11) is 0. The fourth-order valence-electron chi connectivity index (χ4n) is 1.63. The molecule has 16 heavy (non-hydrogen) atoms. The summed E-state index contributed by atoms with van der Waals surface area (Å²) in [6, 6.07) is 0. The molecule has 0 bridgehead atoms. The van der Waals surface area contributed by atoms with Gasteiger partial charge in [0.1, 0.15) is 5.75 Å². The van der Waals surface area contributed by atoms with E-state index in [1.807, 2.05) is 0 Å². The van der Waals surface area contributed by atoms with E-state index < -0.39 is 28.8 Å². The van der Waals surface area contributed by atoms with Gasteiger partial charge >= 0.3 is 0 Å². The van der Waals surface area contributed by atoms with Crippen LogP contribution in [-0.4, -0.2) is 26.9 Å². The van der Waals surface area contributed by atoms with E-state index in [0.717, 1.165) is 12.2 Å². The molecule has 0 saturated carbocycles. The Morgan fingerprint density at radius 1 is 0.812 bits per heavy atom. The normalized spacial score (nSPS) is 14.1. The maximum absolute atomic E-state index is 11.5. The highest BCUT2D eigenvalue weighted by molar-refractivity contribution is 6.24. The summed E-state index contributed by atoms with van der Waals surface area (Å²) < 4.78 is 0. The zero-order valence-electron chi connectivity index (χ0n) is 8.31. The molecule has 1 aliphatic rings. The standard InChI is InChI=1S/C11H8O5/c1-4-9(14)7-5(12)2-3-6(13)8(7)11(16)10(4)15/h2-3,14-16H,1H3. The Labute approximate surface area is 90.3 Å². The van der Waals surface area contributed by atoms with Crippen molar-refractivity contribution >= 4 is 11.6 Å². The lowest BCUT2D eigenvalue weighted by Gasteiger charge is -2.15. The fourth-order valence-corrected chi connectivity index (χ4v) is 1.63. The van der Waals surface area contributed by atoms with Gasteiger partial charge in [-0.15, -0.1) is 0 Å². The van der Waals surface area contributed by atoms with Crippen molar-refractivity contribution in [3.05, 3.63) is 28.8 Å². The number of fused-ring (bicyclic) bond motifs is 1. The predicted molar refractivity (Wildman–Crippen MR) is 54.0 cm³/mol. The molecular formula is C11H8O5. The van der Waals surface area contributed by atoms with Gasteiger partial charge in [-0.1, -0.05) is 0 Å². The van der Waals surface area contributed by atoms with Crippen molar-refractivity contribution in [3.63, 3.8) is 0 Å². The Bertz CT molecular complexity index is 505. The molecule has 1 aromatic carbocycles.